The molecular formula is C9H11ClN2. The average molecular weight is 183 g/mol. The van der Waals surface area contributed by atoms with Crippen LogP contribution in [0.2, 0.25) is 5.02 Å². The molecule has 0 aliphatic heterocycles. The molecule has 1 aromatic rings. The van der Waals surface area contributed by atoms with Crippen molar-refractivity contribution in [3.8, 4) is 0 Å². The van der Waals surface area contributed by atoms with Gasteiger partial charge in [-0.25, -0.2) is 0 Å². The zero-order valence-electron chi connectivity index (χ0n) is 6.92. The third-order valence-electron chi connectivity index (χ3n) is 1.68. The Morgan fingerprint density at radius 1 is 1.58 bits per heavy atom. The molecule has 2 nitrogen and oxygen atoms in total. The van der Waals surface area contributed by atoms with Crippen molar-refractivity contribution in [2.75, 3.05) is 0 Å². The number of aliphatic imine (C=N–C) groups is 1. The molecule has 12 heavy (non-hydrogen) atoms. The monoisotopic (exact) mass is 182 g/mol. The van der Waals surface area contributed by atoms with E-state index in [4.69, 9.17) is 17.3 Å². The zero-order valence-corrected chi connectivity index (χ0v) is 7.67. The molecule has 0 saturated carbocycles. The second-order valence-corrected chi connectivity index (χ2v) is 3.00. The first-order chi connectivity index (χ1) is 5.74. The van der Waals surface area contributed by atoms with E-state index in [1.165, 1.54) is 11.9 Å². The van der Waals surface area contributed by atoms with Crippen molar-refractivity contribution in [1.82, 2.24) is 0 Å². The molecule has 1 rings (SSSR count). The van der Waals surface area contributed by atoms with Gasteiger partial charge in [0.15, 0.2) is 0 Å². The Bertz CT molecular complexity index is 295. The highest BCUT2D eigenvalue weighted by atomic mass is 35.5. The van der Waals surface area contributed by atoms with Crippen molar-refractivity contribution in [1.29, 1.82) is 0 Å². The predicted molar refractivity (Wildman–Crippen MR) is 52.6 cm³/mol. The summed E-state index contributed by atoms with van der Waals surface area (Å²) in [5.41, 5.74) is 7.44. The third-order valence-corrected chi connectivity index (χ3v) is 1.91. The van der Waals surface area contributed by atoms with Gasteiger partial charge in [0.1, 0.15) is 0 Å². The summed E-state index contributed by atoms with van der Waals surface area (Å²) >= 11 is 5.81. The maximum atomic E-state index is 5.81. The van der Waals surface area contributed by atoms with E-state index in [0.29, 0.717) is 6.54 Å². The molecular weight excluding hydrogens is 172 g/mol. The van der Waals surface area contributed by atoms with Gasteiger partial charge in [-0.15, -0.1) is 0 Å². The van der Waals surface area contributed by atoms with Crippen molar-refractivity contribution >= 4 is 17.9 Å². The summed E-state index contributed by atoms with van der Waals surface area (Å²) in [5, 5.41) is 0.739. The number of nitrogens with two attached hydrogens (primary N) is 1. The molecule has 0 bridgehead atoms. The number of benzene rings is 1. The van der Waals surface area contributed by atoms with Crippen LogP contribution in [0, 0.1) is 6.92 Å². The minimum atomic E-state index is 0.600. The standard InChI is InChI=1S/C9H11ClN2/c1-7-2-3-9(10)4-8(7)5-12-6-11/h2-4,6H,5H2,1H3,(H2,11,12). The fourth-order valence-electron chi connectivity index (χ4n) is 0.961. The number of nitrogens with zero attached hydrogens (tertiary/aromatic N) is 1. The van der Waals surface area contributed by atoms with Gasteiger partial charge >= 0.3 is 0 Å². The first kappa shape index (κ1) is 9.07. The van der Waals surface area contributed by atoms with E-state index in [0.717, 1.165) is 10.6 Å². The lowest BCUT2D eigenvalue weighted by atomic mass is 10.1. The van der Waals surface area contributed by atoms with Crippen LogP contribution in [0.5, 0.6) is 0 Å². The lowest BCUT2D eigenvalue weighted by Crippen LogP contribution is -1.92. The lowest BCUT2D eigenvalue weighted by molar-refractivity contribution is 1.05. The summed E-state index contributed by atoms with van der Waals surface area (Å²) in [4.78, 5) is 3.94. The molecule has 64 valence electrons. The van der Waals surface area contributed by atoms with E-state index >= 15 is 0 Å². The summed E-state index contributed by atoms with van der Waals surface area (Å²) in [6.45, 7) is 2.63. The van der Waals surface area contributed by atoms with E-state index in [1.54, 1.807) is 0 Å². The summed E-state index contributed by atoms with van der Waals surface area (Å²) in [6.07, 6.45) is 1.31. The molecule has 0 aliphatic rings. The molecule has 0 atom stereocenters. The van der Waals surface area contributed by atoms with Crippen LogP contribution in [0.1, 0.15) is 11.1 Å². The van der Waals surface area contributed by atoms with Crippen LogP contribution in [0.4, 0.5) is 0 Å². The fourth-order valence-corrected chi connectivity index (χ4v) is 1.16. The molecule has 0 amide bonds. The number of hydrogen-bond donors (Lipinski definition) is 1. The maximum Gasteiger partial charge on any atom is 0.0801 e. The number of halogens is 1. The SMILES string of the molecule is Cc1ccc(Cl)cc1CN=CN. The summed E-state index contributed by atoms with van der Waals surface area (Å²) in [7, 11) is 0. The van der Waals surface area contributed by atoms with Gasteiger partial charge < -0.3 is 5.73 Å². The first-order valence-electron chi connectivity index (χ1n) is 3.69. The smallest absolute Gasteiger partial charge is 0.0801 e. The Kier molecular flexibility index (Phi) is 3.11. The largest absolute Gasteiger partial charge is 0.390 e. The molecule has 2 N–H and O–H groups in total. The highest BCUT2D eigenvalue weighted by molar-refractivity contribution is 6.30. The predicted octanol–water partition coefficient (Wildman–Crippen LogP) is 2.14. The molecule has 0 spiro atoms. The van der Waals surface area contributed by atoms with Crippen LogP contribution in [-0.2, 0) is 6.54 Å². The van der Waals surface area contributed by atoms with E-state index in [2.05, 4.69) is 4.99 Å². The van der Waals surface area contributed by atoms with Gasteiger partial charge in [-0.3, -0.25) is 4.99 Å². The van der Waals surface area contributed by atoms with Crippen LogP contribution in [0.25, 0.3) is 0 Å². The summed E-state index contributed by atoms with van der Waals surface area (Å²) in [5.74, 6) is 0. The van der Waals surface area contributed by atoms with Crippen molar-refractivity contribution in [2.45, 2.75) is 13.5 Å². The molecule has 0 saturated heterocycles. The van der Waals surface area contributed by atoms with E-state index in [1.807, 2.05) is 25.1 Å². The van der Waals surface area contributed by atoms with Crippen molar-refractivity contribution < 1.29 is 0 Å². The Morgan fingerprint density at radius 2 is 2.33 bits per heavy atom. The van der Waals surface area contributed by atoms with Crippen LogP contribution < -0.4 is 5.73 Å². The number of rotatable bonds is 2. The molecule has 3 heteroatoms. The van der Waals surface area contributed by atoms with Crippen molar-refractivity contribution in [3.63, 3.8) is 0 Å². The second-order valence-electron chi connectivity index (χ2n) is 2.56. The number of aryl methyl sites for hydroxylation is 1. The highest BCUT2D eigenvalue weighted by Gasteiger charge is 1.96. The van der Waals surface area contributed by atoms with Crippen LogP contribution in [0.15, 0.2) is 23.2 Å². The molecule has 1 aromatic carbocycles. The molecule has 0 aliphatic carbocycles. The topological polar surface area (TPSA) is 38.4 Å². The van der Waals surface area contributed by atoms with E-state index < -0.39 is 0 Å². The molecule has 0 unspecified atom stereocenters. The van der Waals surface area contributed by atoms with Gasteiger partial charge in [-0.1, -0.05) is 17.7 Å². The van der Waals surface area contributed by atoms with Gasteiger partial charge in [0, 0.05) is 5.02 Å². The molecule has 0 radical (unpaired) electrons. The molecule has 0 aromatic heterocycles. The van der Waals surface area contributed by atoms with Gasteiger partial charge in [0.25, 0.3) is 0 Å². The normalized spacial score (nSPS) is 10.8. The Balaban J connectivity index is 2.89. The van der Waals surface area contributed by atoms with Gasteiger partial charge in [0.05, 0.1) is 12.9 Å². The Hall–Kier alpha value is -1.02. The molecule has 0 heterocycles. The summed E-state index contributed by atoms with van der Waals surface area (Å²) < 4.78 is 0. The van der Waals surface area contributed by atoms with Gasteiger partial charge in [-0.05, 0) is 30.2 Å². The first-order valence-corrected chi connectivity index (χ1v) is 4.07. The zero-order chi connectivity index (χ0) is 8.97. The van der Waals surface area contributed by atoms with Crippen LogP contribution >= 0.6 is 11.6 Å². The van der Waals surface area contributed by atoms with Crippen LogP contribution in [0.3, 0.4) is 0 Å². The quantitative estimate of drug-likeness (QED) is 0.553. The minimum absolute atomic E-state index is 0.600. The lowest BCUT2D eigenvalue weighted by Gasteiger charge is -2.01. The van der Waals surface area contributed by atoms with Crippen molar-refractivity contribution in [2.24, 2.45) is 10.7 Å². The fraction of sp³-hybridized carbons (Fsp3) is 0.222. The molecule has 0 fully saturated rings. The second kappa shape index (κ2) is 4.12. The van der Waals surface area contributed by atoms with E-state index in [-0.39, 0.29) is 0 Å². The Morgan fingerprint density at radius 3 is 3.00 bits per heavy atom. The minimum Gasteiger partial charge on any atom is -0.390 e. The highest BCUT2D eigenvalue weighted by Crippen LogP contribution is 2.15. The average Bonchev–Trinajstić information content (AvgIpc) is 2.07. The maximum absolute atomic E-state index is 5.81. The Labute approximate surface area is 77.1 Å². The third kappa shape index (κ3) is 2.24. The van der Waals surface area contributed by atoms with Crippen molar-refractivity contribution in [3.05, 3.63) is 34.3 Å². The van der Waals surface area contributed by atoms with Gasteiger partial charge in [0.2, 0.25) is 0 Å². The summed E-state index contributed by atoms with van der Waals surface area (Å²) in [6, 6.07) is 5.75. The van der Waals surface area contributed by atoms with Gasteiger partial charge in [-0.2, -0.15) is 0 Å². The number of hydrogen-bond acceptors (Lipinski definition) is 1. The van der Waals surface area contributed by atoms with Crippen LogP contribution in [-0.4, -0.2) is 6.34 Å². The van der Waals surface area contributed by atoms with E-state index in [9.17, 15) is 0 Å².